The second-order valence-electron chi connectivity index (χ2n) is 11.1. The van der Waals surface area contributed by atoms with Crippen molar-refractivity contribution < 1.29 is 19.2 Å². The van der Waals surface area contributed by atoms with Gasteiger partial charge in [-0.1, -0.05) is 37.0 Å². The van der Waals surface area contributed by atoms with E-state index in [2.05, 4.69) is 31.2 Å². The SMILES string of the molecule is CC(C)c1sc(NC(=O)c2cc(NC(=O)c3cc(NC(=O)c4cnc(Cl)c(Cl)c4)cn3C)cn2C)nc1C(=O)NCCCN(C)C. The van der Waals surface area contributed by atoms with Crippen molar-refractivity contribution in [3.63, 3.8) is 0 Å². The first-order valence-corrected chi connectivity index (χ1v) is 15.8. The summed E-state index contributed by atoms with van der Waals surface area (Å²) in [6, 6.07) is 4.44. The van der Waals surface area contributed by atoms with Crippen molar-refractivity contribution >= 4 is 74.7 Å². The molecule has 4 rings (SSSR count). The molecule has 0 fully saturated rings. The number of anilines is 3. The zero-order valence-electron chi connectivity index (χ0n) is 26.2. The average molecular weight is 689 g/mol. The second-order valence-corrected chi connectivity index (χ2v) is 12.9. The molecule has 46 heavy (non-hydrogen) atoms. The Labute approximate surface area is 280 Å². The van der Waals surface area contributed by atoms with E-state index in [0.717, 1.165) is 17.8 Å². The molecule has 0 atom stereocenters. The molecule has 4 aromatic rings. The van der Waals surface area contributed by atoms with Crippen molar-refractivity contribution in [2.75, 3.05) is 43.1 Å². The quantitative estimate of drug-likeness (QED) is 0.120. The highest BCUT2D eigenvalue weighted by Gasteiger charge is 2.23. The molecule has 0 aromatic carbocycles. The van der Waals surface area contributed by atoms with Crippen LogP contribution in [0.4, 0.5) is 16.5 Å². The number of hydrogen-bond acceptors (Lipinski definition) is 8. The molecule has 4 aromatic heterocycles. The molecular weight excluding hydrogens is 653 g/mol. The number of aromatic nitrogens is 4. The lowest BCUT2D eigenvalue weighted by Gasteiger charge is -2.10. The largest absolute Gasteiger partial charge is 0.351 e. The third kappa shape index (κ3) is 8.51. The van der Waals surface area contributed by atoms with Crippen LogP contribution in [0, 0.1) is 0 Å². The Balaban J connectivity index is 1.41. The molecule has 0 spiro atoms. The number of amides is 4. The van der Waals surface area contributed by atoms with Crippen LogP contribution < -0.4 is 21.3 Å². The molecule has 4 amide bonds. The molecule has 244 valence electrons. The number of hydrogen-bond donors (Lipinski definition) is 4. The smallest absolute Gasteiger partial charge is 0.274 e. The zero-order chi connectivity index (χ0) is 33.7. The predicted molar refractivity (Wildman–Crippen MR) is 181 cm³/mol. The number of rotatable bonds is 12. The lowest BCUT2D eigenvalue weighted by molar-refractivity contribution is 0.0944. The van der Waals surface area contributed by atoms with Crippen LogP contribution in [-0.2, 0) is 14.1 Å². The molecule has 4 N–H and O–H groups in total. The van der Waals surface area contributed by atoms with Gasteiger partial charge in [0.05, 0.1) is 22.0 Å². The van der Waals surface area contributed by atoms with Crippen LogP contribution in [-0.4, -0.2) is 74.8 Å². The van der Waals surface area contributed by atoms with E-state index >= 15 is 0 Å². The van der Waals surface area contributed by atoms with Gasteiger partial charge in [-0.15, -0.1) is 11.3 Å². The van der Waals surface area contributed by atoms with E-state index in [1.165, 1.54) is 35.7 Å². The van der Waals surface area contributed by atoms with Gasteiger partial charge in [-0.25, -0.2) is 9.97 Å². The fourth-order valence-electron chi connectivity index (χ4n) is 4.44. The molecule has 0 unspecified atom stereocenters. The maximum atomic E-state index is 13.2. The highest BCUT2D eigenvalue weighted by molar-refractivity contribution is 7.16. The van der Waals surface area contributed by atoms with E-state index in [1.807, 2.05) is 32.8 Å². The van der Waals surface area contributed by atoms with Gasteiger partial charge in [0.15, 0.2) is 5.13 Å². The van der Waals surface area contributed by atoms with Crippen LogP contribution in [0.3, 0.4) is 0 Å². The highest BCUT2D eigenvalue weighted by Crippen LogP contribution is 2.30. The summed E-state index contributed by atoms with van der Waals surface area (Å²) in [7, 11) is 7.28. The monoisotopic (exact) mass is 687 g/mol. The summed E-state index contributed by atoms with van der Waals surface area (Å²) in [5.74, 6) is -1.64. The number of pyridine rings is 1. The maximum absolute atomic E-state index is 13.2. The summed E-state index contributed by atoms with van der Waals surface area (Å²) in [5, 5.41) is 11.7. The normalized spacial score (nSPS) is 11.2. The van der Waals surface area contributed by atoms with Crippen LogP contribution in [0.1, 0.15) is 72.9 Å². The minimum Gasteiger partial charge on any atom is -0.351 e. The molecule has 0 saturated carbocycles. The first kappa shape index (κ1) is 34.6. The fraction of sp³-hybridized carbons (Fsp3) is 0.333. The van der Waals surface area contributed by atoms with Crippen LogP contribution in [0.2, 0.25) is 10.2 Å². The zero-order valence-corrected chi connectivity index (χ0v) is 28.5. The molecule has 0 radical (unpaired) electrons. The fourth-order valence-corrected chi connectivity index (χ4v) is 5.67. The van der Waals surface area contributed by atoms with Crippen molar-refractivity contribution in [3.05, 3.63) is 74.5 Å². The van der Waals surface area contributed by atoms with Gasteiger partial charge in [0.25, 0.3) is 23.6 Å². The van der Waals surface area contributed by atoms with Crippen molar-refractivity contribution in [1.29, 1.82) is 0 Å². The topological polar surface area (TPSA) is 155 Å². The number of thiazole rings is 1. The molecule has 0 aliphatic carbocycles. The number of nitrogens with one attached hydrogen (secondary N) is 4. The van der Waals surface area contributed by atoms with Gasteiger partial charge in [0.1, 0.15) is 22.2 Å². The number of aryl methyl sites for hydroxylation is 2. The summed E-state index contributed by atoms with van der Waals surface area (Å²) in [6.45, 7) is 5.29. The molecule has 0 aliphatic heterocycles. The van der Waals surface area contributed by atoms with Crippen LogP contribution in [0.25, 0.3) is 0 Å². The Morgan fingerprint density at radius 1 is 0.891 bits per heavy atom. The lowest BCUT2D eigenvalue weighted by Crippen LogP contribution is -2.28. The van der Waals surface area contributed by atoms with Crippen molar-refractivity contribution in [2.24, 2.45) is 14.1 Å². The molecular formula is C30H35Cl2N9O4S. The first-order valence-electron chi connectivity index (χ1n) is 14.2. The highest BCUT2D eigenvalue weighted by atomic mass is 35.5. The van der Waals surface area contributed by atoms with E-state index in [0.29, 0.717) is 28.7 Å². The summed E-state index contributed by atoms with van der Waals surface area (Å²) >= 11 is 13.0. The van der Waals surface area contributed by atoms with Crippen LogP contribution in [0.5, 0.6) is 0 Å². The molecule has 16 heteroatoms. The van der Waals surface area contributed by atoms with E-state index in [9.17, 15) is 19.2 Å². The van der Waals surface area contributed by atoms with Gasteiger partial charge < -0.3 is 30.0 Å². The number of carbonyl (C=O) groups is 4. The van der Waals surface area contributed by atoms with Crippen LogP contribution in [0.15, 0.2) is 36.8 Å². The number of nitrogens with zero attached hydrogens (tertiary/aromatic N) is 5. The maximum Gasteiger partial charge on any atom is 0.274 e. The summed E-state index contributed by atoms with van der Waals surface area (Å²) < 4.78 is 3.13. The van der Waals surface area contributed by atoms with Crippen LogP contribution >= 0.6 is 34.5 Å². The Morgan fingerprint density at radius 2 is 1.48 bits per heavy atom. The van der Waals surface area contributed by atoms with E-state index in [1.54, 1.807) is 35.6 Å². The predicted octanol–water partition coefficient (Wildman–Crippen LogP) is 5.08. The molecule has 0 aliphatic rings. The van der Waals surface area contributed by atoms with Gasteiger partial charge in [-0.2, -0.15) is 0 Å². The summed E-state index contributed by atoms with van der Waals surface area (Å²) in [5.41, 5.74) is 1.78. The van der Waals surface area contributed by atoms with E-state index in [4.69, 9.17) is 23.2 Å². The first-order chi connectivity index (χ1) is 21.7. The number of halogens is 2. The number of carbonyl (C=O) groups excluding carboxylic acids is 4. The van der Waals surface area contributed by atoms with Gasteiger partial charge in [-0.3, -0.25) is 24.5 Å². The standard InChI is InChI=1S/C30H35Cl2N9O4S/c1-16(2)24-23(29(45)33-8-7-9-39(3)4)37-30(46-24)38-28(44)22-12-19(15-41(22)6)36-27(43)21-11-18(14-40(21)5)35-26(42)17-10-20(31)25(32)34-13-17/h10-16H,7-9H2,1-6H3,(H,33,45)(H,35,42)(H,36,43)(H,37,38,44). The molecule has 13 nitrogen and oxygen atoms in total. The average Bonchev–Trinajstić information content (AvgIpc) is 3.68. The van der Waals surface area contributed by atoms with E-state index < -0.39 is 17.7 Å². The van der Waals surface area contributed by atoms with Crippen molar-refractivity contribution in [2.45, 2.75) is 26.2 Å². The van der Waals surface area contributed by atoms with Crippen molar-refractivity contribution in [1.82, 2.24) is 29.3 Å². The Bertz CT molecular complexity index is 1780. The third-order valence-corrected chi connectivity index (χ3v) is 8.69. The Kier molecular flexibility index (Phi) is 11.2. The lowest BCUT2D eigenvalue weighted by atomic mass is 10.1. The van der Waals surface area contributed by atoms with Gasteiger partial charge in [0, 0.05) is 44.1 Å². The Morgan fingerprint density at radius 3 is 2.04 bits per heavy atom. The summed E-state index contributed by atoms with van der Waals surface area (Å²) in [4.78, 5) is 62.9. The molecule has 0 saturated heterocycles. The van der Waals surface area contributed by atoms with Gasteiger partial charge >= 0.3 is 0 Å². The minimum atomic E-state index is -0.476. The van der Waals surface area contributed by atoms with Gasteiger partial charge in [-0.05, 0) is 51.2 Å². The Hall–Kier alpha value is -4.24. The van der Waals surface area contributed by atoms with Gasteiger partial charge in [0.2, 0.25) is 0 Å². The summed E-state index contributed by atoms with van der Waals surface area (Å²) in [6.07, 6.45) is 5.28. The van der Waals surface area contributed by atoms with E-state index in [-0.39, 0.29) is 39.0 Å². The molecule has 4 heterocycles. The minimum absolute atomic E-state index is 0.0295. The molecule has 0 bridgehead atoms. The van der Waals surface area contributed by atoms with Crippen molar-refractivity contribution in [3.8, 4) is 0 Å². The second kappa shape index (κ2) is 14.9. The third-order valence-electron chi connectivity index (χ3n) is 6.73.